The van der Waals surface area contributed by atoms with Gasteiger partial charge in [0.05, 0.1) is 0 Å². The van der Waals surface area contributed by atoms with Gasteiger partial charge in [-0.15, -0.1) is 0 Å². The lowest BCUT2D eigenvalue weighted by molar-refractivity contribution is -0.125. The molecule has 1 saturated heterocycles. The normalized spacial score (nSPS) is 25.7. The van der Waals surface area contributed by atoms with Gasteiger partial charge in [0.25, 0.3) is 5.91 Å². The van der Waals surface area contributed by atoms with Gasteiger partial charge in [0.1, 0.15) is 11.2 Å². The van der Waals surface area contributed by atoms with Gasteiger partial charge in [-0.25, -0.2) is 9.78 Å². The predicted octanol–water partition coefficient (Wildman–Crippen LogP) is 1.39. The standard InChI is InChI=1S/C17H17N3O3/c1-9(21)13-4-3-10-5-11-7-17(8-12(11)6-14(10)18-13)15(22)19-16(23)20(17)2/h3-4H,5-8H2,1-2H3,(H,19,22,23)/t17-/m1/s1. The molecule has 0 saturated carbocycles. The molecule has 2 aliphatic carbocycles. The summed E-state index contributed by atoms with van der Waals surface area (Å²) in [5, 5.41) is 2.42. The van der Waals surface area contributed by atoms with Crippen LogP contribution in [0.15, 0.2) is 23.3 Å². The minimum absolute atomic E-state index is 0.0454. The number of amides is 3. The molecule has 6 nitrogen and oxygen atoms in total. The predicted molar refractivity (Wildman–Crippen MR) is 81.9 cm³/mol. The number of Topliss-reactive ketones (excluding diaryl/α,β-unsaturated/α-hetero) is 1. The Morgan fingerprint density at radius 1 is 1.22 bits per heavy atom. The van der Waals surface area contributed by atoms with Crippen LogP contribution in [0, 0.1) is 0 Å². The molecule has 6 heteroatoms. The van der Waals surface area contributed by atoms with Crippen LogP contribution in [0.5, 0.6) is 0 Å². The molecule has 4 rings (SSSR count). The van der Waals surface area contributed by atoms with Crippen LogP contribution in [0.2, 0.25) is 0 Å². The molecule has 0 aromatic carbocycles. The first-order valence-corrected chi connectivity index (χ1v) is 7.69. The first kappa shape index (κ1) is 14.1. The van der Waals surface area contributed by atoms with Crippen molar-refractivity contribution in [2.45, 2.75) is 38.1 Å². The highest BCUT2D eigenvalue weighted by Gasteiger charge is 2.55. The van der Waals surface area contributed by atoms with Gasteiger partial charge in [-0.1, -0.05) is 17.2 Å². The van der Waals surface area contributed by atoms with Gasteiger partial charge in [-0.3, -0.25) is 14.9 Å². The van der Waals surface area contributed by atoms with Crippen LogP contribution < -0.4 is 5.32 Å². The summed E-state index contributed by atoms with van der Waals surface area (Å²) >= 11 is 0. The lowest BCUT2D eigenvalue weighted by atomic mass is 9.90. The molecular formula is C17H17N3O3. The summed E-state index contributed by atoms with van der Waals surface area (Å²) in [6.45, 7) is 1.51. The molecule has 1 aromatic rings. The number of carbonyl (C=O) groups is 3. The van der Waals surface area contributed by atoms with Crippen LogP contribution in [-0.4, -0.2) is 40.2 Å². The lowest BCUT2D eigenvalue weighted by Gasteiger charge is -2.28. The molecule has 1 spiro atoms. The Balaban J connectivity index is 1.66. The van der Waals surface area contributed by atoms with Crippen LogP contribution >= 0.6 is 0 Å². The van der Waals surface area contributed by atoms with E-state index < -0.39 is 5.54 Å². The molecule has 23 heavy (non-hydrogen) atoms. The lowest BCUT2D eigenvalue weighted by Crippen LogP contribution is -2.46. The molecule has 2 heterocycles. The maximum absolute atomic E-state index is 12.3. The molecule has 118 valence electrons. The minimum Gasteiger partial charge on any atom is -0.312 e. The van der Waals surface area contributed by atoms with Crippen LogP contribution in [-0.2, 0) is 17.6 Å². The van der Waals surface area contributed by atoms with Crippen LogP contribution in [0.25, 0.3) is 0 Å². The average molecular weight is 311 g/mol. The summed E-state index contributed by atoms with van der Waals surface area (Å²) in [6, 6.07) is 3.39. The highest BCUT2D eigenvalue weighted by molar-refractivity contribution is 6.07. The zero-order valence-corrected chi connectivity index (χ0v) is 13.1. The van der Waals surface area contributed by atoms with E-state index >= 15 is 0 Å². The van der Waals surface area contributed by atoms with Gasteiger partial charge in [-0.05, 0) is 18.1 Å². The number of aromatic nitrogens is 1. The number of carbonyl (C=O) groups excluding carboxylic acids is 3. The number of hydrogen-bond donors (Lipinski definition) is 1. The Labute approximate surface area is 133 Å². The Bertz CT molecular complexity index is 811. The summed E-state index contributed by atoms with van der Waals surface area (Å²) in [5.74, 6) is -0.253. The number of urea groups is 1. The second kappa shape index (κ2) is 4.50. The Kier molecular flexibility index (Phi) is 2.76. The number of rotatable bonds is 1. The van der Waals surface area contributed by atoms with Crippen molar-refractivity contribution in [1.82, 2.24) is 15.2 Å². The first-order chi connectivity index (χ1) is 10.9. The van der Waals surface area contributed by atoms with Crippen molar-refractivity contribution in [2.75, 3.05) is 7.05 Å². The van der Waals surface area contributed by atoms with Crippen molar-refractivity contribution < 1.29 is 14.4 Å². The summed E-state index contributed by atoms with van der Waals surface area (Å²) < 4.78 is 0. The third kappa shape index (κ3) is 1.87. The molecule has 1 fully saturated rings. The third-order valence-electron chi connectivity index (χ3n) is 5.32. The van der Waals surface area contributed by atoms with E-state index in [2.05, 4.69) is 10.3 Å². The Hall–Kier alpha value is -2.50. The number of nitrogens with zero attached hydrogens (tertiary/aromatic N) is 2. The number of pyridine rings is 1. The molecule has 1 atom stereocenters. The summed E-state index contributed by atoms with van der Waals surface area (Å²) in [4.78, 5) is 41.7. The number of imide groups is 1. The van der Waals surface area contributed by atoms with Crippen molar-refractivity contribution in [3.8, 4) is 0 Å². The fourth-order valence-electron chi connectivity index (χ4n) is 3.91. The third-order valence-corrected chi connectivity index (χ3v) is 5.32. The Morgan fingerprint density at radius 3 is 2.52 bits per heavy atom. The quantitative estimate of drug-likeness (QED) is 0.483. The highest BCUT2D eigenvalue weighted by atomic mass is 16.2. The van der Waals surface area contributed by atoms with E-state index in [9.17, 15) is 14.4 Å². The molecule has 0 bridgehead atoms. The average Bonchev–Trinajstić information content (AvgIpc) is 2.98. The van der Waals surface area contributed by atoms with Crippen LogP contribution in [0.1, 0.15) is 41.5 Å². The van der Waals surface area contributed by atoms with E-state index in [0.29, 0.717) is 25.0 Å². The second-order valence-corrected chi connectivity index (χ2v) is 6.62. The van der Waals surface area contributed by atoms with E-state index in [0.717, 1.165) is 17.7 Å². The molecule has 1 aromatic heterocycles. The van der Waals surface area contributed by atoms with Gasteiger partial charge < -0.3 is 4.90 Å². The smallest absolute Gasteiger partial charge is 0.312 e. The Morgan fingerprint density at radius 2 is 1.91 bits per heavy atom. The molecular weight excluding hydrogens is 294 g/mol. The van der Waals surface area contributed by atoms with Crippen molar-refractivity contribution in [3.05, 3.63) is 40.2 Å². The van der Waals surface area contributed by atoms with Crippen molar-refractivity contribution >= 4 is 17.7 Å². The summed E-state index contributed by atoms with van der Waals surface area (Å²) in [5.41, 5.74) is 4.15. The highest BCUT2D eigenvalue weighted by Crippen LogP contribution is 2.45. The number of nitrogens with one attached hydrogen (secondary N) is 1. The number of hydrogen-bond acceptors (Lipinski definition) is 4. The largest absolute Gasteiger partial charge is 0.324 e. The number of ketones is 1. The first-order valence-electron chi connectivity index (χ1n) is 7.69. The fraction of sp³-hybridized carbons (Fsp3) is 0.412. The van der Waals surface area contributed by atoms with Gasteiger partial charge in [0.2, 0.25) is 0 Å². The minimum atomic E-state index is -0.771. The van der Waals surface area contributed by atoms with Crippen molar-refractivity contribution in [3.63, 3.8) is 0 Å². The number of likely N-dealkylation sites (N-methyl/N-ethyl adjacent to an activating group) is 1. The summed E-state index contributed by atoms with van der Waals surface area (Å²) in [7, 11) is 1.68. The number of fused-ring (bicyclic) bond motifs is 1. The maximum atomic E-state index is 12.3. The molecule has 3 amide bonds. The van der Waals surface area contributed by atoms with E-state index in [1.165, 1.54) is 23.0 Å². The van der Waals surface area contributed by atoms with Crippen molar-refractivity contribution in [2.24, 2.45) is 0 Å². The second-order valence-electron chi connectivity index (χ2n) is 6.62. The van der Waals surface area contributed by atoms with E-state index in [4.69, 9.17) is 0 Å². The molecule has 1 aliphatic heterocycles. The molecule has 0 radical (unpaired) electrons. The van der Waals surface area contributed by atoms with Crippen molar-refractivity contribution in [1.29, 1.82) is 0 Å². The van der Waals surface area contributed by atoms with E-state index in [1.54, 1.807) is 13.1 Å². The SMILES string of the molecule is CC(=O)c1ccc2c(n1)CC1=C(C2)C[C@@]2(C1)C(=O)NC(=O)N2C. The van der Waals surface area contributed by atoms with Gasteiger partial charge in [0, 0.05) is 38.9 Å². The monoisotopic (exact) mass is 311 g/mol. The van der Waals surface area contributed by atoms with E-state index in [1.807, 2.05) is 6.07 Å². The van der Waals surface area contributed by atoms with Gasteiger partial charge in [-0.2, -0.15) is 0 Å². The van der Waals surface area contributed by atoms with Crippen LogP contribution in [0.4, 0.5) is 4.79 Å². The van der Waals surface area contributed by atoms with E-state index in [-0.39, 0.29) is 17.7 Å². The molecule has 1 N–H and O–H groups in total. The zero-order valence-electron chi connectivity index (χ0n) is 13.1. The van der Waals surface area contributed by atoms with Gasteiger partial charge >= 0.3 is 6.03 Å². The molecule has 3 aliphatic rings. The maximum Gasteiger partial charge on any atom is 0.324 e. The van der Waals surface area contributed by atoms with Crippen LogP contribution in [0.3, 0.4) is 0 Å². The van der Waals surface area contributed by atoms with Gasteiger partial charge in [0.15, 0.2) is 5.78 Å². The zero-order chi connectivity index (χ0) is 16.4. The fourth-order valence-corrected chi connectivity index (χ4v) is 3.91. The topological polar surface area (TPSA) is 79.4 Å². The molecule has 0 unspecified atom stereocenters. The summed E-state index contributed by atoms with van der Waals surface area (Å²) in [6.07, 6.45) is 2.54.